The summed E-state index contributed by atoms with van der Waals surface area (Å²) in [4.78, 5) is 16.9. The molecule has 4 aromatic rings. The van der Waals surface area contributed by atoms with Crippen LogP contribution in [0.25, 0.3) is 10.9 Å². The van der Waals surface area contributed by atoms with Crippen LogP contribution in [0.5, 0.6) is 23.0 Å². The second kappa shape index (κ2) is 11.5. The van der Waals surface area contributed by atoms with Crippen molar-refractivity contribution in [3.63, 3.8) is 0 Å². The first-order valence-electron chi connectivity index (χ1n) is 11.6. The minimum Gasteiger partial charge on any atom is -0.497 e. The molecule has 3 aromatic carbocycles. The van der Waals surface area contributed by atoms with Crippen molar-refractivity contribution in [2.24, 2.45) is 0 Å². The van der Waals surface area contributed by atoms with Crippen molar-refractivity contribution >= 4 is 22.4 Å². The minimum atomic E-state index is -4.91. The van der Waals surface area contributed by atoms with E-state index in [2.05, 4.69) is 15.0 Å². The van der Waals surface area contributed by atoms with Gasteiger partial charge in [-0.25, -0.2) is 4.39 Å². The smallest absolute Gasteiger partial charge is 0.497 e. The Morgan fingerprint density at radius 3 is 2.46 bits per heavy atom. The number of aliphatic hydroxyl groups is 1. The Bertz CT molecular complexity index is 1470. The van der Waals surface area contributed by atoms with E-state index in [4.69, 9.17) is 19.3 Å². The van der Waals surface area contributed by atoms with Crippen LogP contribution >= 0.6 is 0 Å². The largest absolute Gasteiger partial charge is 0.573 e. The van der Waals surface area contributed by atoms with Gasteiger partial charge >= 0.3 is 6.36 Å². The van der Waals surface area contributed by atoms with Crippen LogP contribution in [-0.4, -0.2) is 49.7 Å². The van der Waals surface area contributed by atoms with E-state index in [1.807, 2.05) is 0 Å². The van der Waals surface area contributed by atoms with E-state index in [9.17, 15) is 22.4 Å². The van der Waals surface area contributed by atoms with Crippen molar-refractivity contribution in [3.8, 4) is 23.0 Å². The number of hydrogen-bond donors (Lipinski definition) is 3. The fourth-order valence-corrected chi connectivity index (χ4v) is 4.05. The van der Waals surface area contributed by atoms with Crippen molar-refractivity contribution in [1.82, 2.24) is 4.98 Å². The lowest BCUT2D eigenvalue weighted by Gasteiger charge is -2.22. The van der Waals surface area contributed by atoms with Gasteiger partial charge in [0.2, 0.25) is 0 Å². The third-order valence-electron chi connectivity index (χ3n) is 5.71. The standard InChI is InChI=1S/C27H24F4N2O6/c1-36-18-10-16(11-19(12-18)38-8-7-34)33-25(20-5-3-15(28)9-24(20)37-2)26(35)22-14-32-23-6-4-17(13-21(22)23)39-27(29,30)31/h3-6,9-14,25,32-34H,7-8H2,1-2H3. The first kappa shape index (κ1) is 27.6. The van der Waals surface area contributed by atoms with Gasteiger partial charge < -0.3 is 34.4 Å². The molecule has 0 fully saturated rings. The Labute approximate surface area is 220 Å². The summed E-state index contributed by atoms with van der Waals surface area (Å²) in [5, 5.41) is 12.4. The summed E-state index contributed by atoms with van der Waals surface area (Å²) in [7, 11) is 2.76. The number of ketones is 1. The molecule has 4 rings (SSSR count). The van der Waals surface area contributed by atoms with Gasteiger partial charge in [-0.15, -0.1) is 13.2 Å². The van der Waals surface area contributed by atoms with Gasteiger partial charge in [0.15, 0.2) is 5.78 Å². The number of benzene rings is 3. The van der Waals surface area contributed by atoms with E-state index >= 15 is 0 Å². The van der Waals surface area contributed by atoms with Crippen molar-refractivity contribution in [2.75, 3.05) is 32.8 Å². The number of aromatic amines is 1. The normalized spacial score (nSPS) is 12.2. The average molecular weight is 548 g/mol. The fraction of sp³-hybridized carbons (Fsp3) is 0.222. The highest BCUT2D eigenvalue weighted by Gasteiger charge is 2.32. The Balaban J connectivity index is 1.81. The van der Waals surface area contributed by atoms with E-state index in [-0.39, 0.29) is 35.5 Å². The number of carbonyl (C=O) groups excluding carboxylic acids is 1. The number of ether oxygens (including phenoxy) is 4. The summed E-state index contributed by atoms with van der Waals surface area (Å²) in [6.07, 6.45) is -3.54. The molecule has 0 aliphatic rings. The van der Waals surface area contributed by atoms with Crippen LogP contribution in [0.2, 0.25) is 0 Å². The topological polar surface area (TPSA) is 102 Å². The predicted octanol–water partition coefficient (Wildman–Crippen LogP) is 5.63. The molecule has 0 saturated heterocycles. The molecule has 0 saturated carbocycles. The van der Waals surface area contributed by atoms with Crippen LogP contribution in [-0.2, 0) is 0 Å². The van der Waals surface area contributed by atoms with Crippen LogP contribution in [0.4, 0.5) is 23.2 Å². The number of methoxy groups -OCH3 is 2. The van der Waals surface area contributed by atoms with Crippen LogP contribution in [0.1, 0.15) is 22.0 Å². The first-order chi connectivity index (χ1) is 18.6. The van der Waals surface area contributed by atoms with E-state index in [0.29, 0.717) is 22.7 Å². The molecule has 0 aliphatic carbocycles. The molecule has 1 aromatic heterocycles. The van der Waals surface area contributed by atoms with Gasteiger partial charge in [-0.2, -0.15) is 0 Å². The first-order valence-corrected chi connectivity index (χ1v) is 11.6. The number of nitrogens with one attached hydrogen (secondary N) is 2. The van der Waals surface area contributed by atoms with Gasteiger partial charge in [0.1, 0.15) is 41.5 Å². The fourth-order valence-electron chi connectivity index (χ4n) is 4.05. The zero-order valence-electron chi connectivity index (χ0n) is 20.8. The van der Waals surface area contributed by atoms with Gasteiger partial charge in [0, 0.05) is 58.2 Å². The predicted molar refractivity (Wildman–Crippen MR) is 134 cm³/mol. The number of anilines is 1. The number of rotatable bonds is 11. The molecule has 1 heterocycles. The number of fused-ring (bicyclic) bond motifs is 1. The lowest BCUT2D eigenvalue weighted by molar-refractivity contribution is -0.274. The highest BCUT2D eigenvalue weighted by molar-refractivity contribution is 6.12. The second-order valence-corrected chi connectivity index (χ2v) is 8.25. The SMILES string of the molecule is COc1cc(NC(C(=O)c2c[nH]c3ccc(OC(F)(F)F)cc23)c2ccc(F)cc2OC)cc(OCCO)c1. The maximum absolute atomic E-state index is 14.0. The van der Waals surface area contributed by atoms with Gasteiger partial charge in [-0.05, 0) is 30.3 Å². The highest BCUT2D eigenvalue weighted by atomic mass is 19.4. The minimum absolute atomic E-state index is 0.0123. The van der Waals surface area contributed by atoms with Gasteiger partial charge in [-0.1, -0.05) is 0 Å². The summed E-state index contributed by atoms with van der Waals surface area (Å²) in [5.74, 6) is -0.859. The monoisotopic (exact) mass is 548 g/mol. The molecular formula is C27H24F4N2O6. The zero-order valence-corrected chi connectivity index (χ0v) is 20.8. The molecule has 0 aliphatic heterocycles. The number of H-pyrrole nitrogens is 1. The molecule has 8 nitrogen and oxygen atoms in total. The van der Waals surface area contributed by atoms with Crippen LogP contribution in [0, 0.1) is 5.82 Å². The Morgan fingerprint density at radius 2 is 1.77 bits per heavy atom. The number of hydrogen-bond acceptors (Lipinski definition) is 7. The third-order valence-corrected chi connectivity index (χ3v) is 5.71. The molecule has 3 N–H and O–H groups in total. The van der Waals surface area contributed by atoms with Crippen LogP contribution < -0.4 is 24.3 Å². The van der Waals surface area contributed by atoms with Crippen molar-refractivity contribution in [3.05, 3.63) is 77.7 Å². The highest BCUT2D eigenvalue weighted by Crippen LogP contribution is 2.36. The third kappa shape index (κ3) is 6.52. The number of carbonyl (C=O) groups is 1. The summed E-state index contributed by atoms with van der Waals surface area (Å²) in [5.41, 5.74) is 1.09. The number of aliphatic hydroxyl groups excluding tert-OH is 1. The van der Waals surface area contributed by atoms with E-state index in [1.54, 1.807) is 18.2 Å². The summed E-state index contributed by atoms with van der Waals surface area (Å²) in [6, 6.07) is 10.8. The van der Waals surface area contributed by atoms with Gasteiger partial charge in [-0.3, -0.25) is 4.79 Å². The Hall–Kier alpha value is -4.45. The molecule has 1 unspecified atom stereocenters. The summed E-state index contributed by atoms with van der Waals surface area (Å²) in [6.45, 7) is -0.215. The van der Waals surface area contributed by atoms with Crippen molar-refractivity contribution < 1.29 is 46.4 Å². The van der Waals surface area contributed by atoms with Crippen LogP contribution in [0.3, 0.4) is 0 Å². The van der Waals surface area contributed by atoms with E-state index in [1.165, 1.54) is 32.5 Å². The quantitative estimate of drug-likeness (QED) is 0.165. The van der Waals surface area contributed by atoms with Crippen molar-refractivity contribution in [1.29, 1.82) is 0 Å². The maximum Gasteiger partial charge on any atom is 0.573 e. The molecule has 12 heteroatoms. The Kier molecular flexibility index (Phi) is 8.15. The van der Waals surface area contributed by atoms with Crippen LogP contribution in [0.15, 0.2) is 60.8 Å². The van der Waals surface area contributed by atoms with E-state index < -0.39 is 29.8 Å². The number of Topliss-reactive ketones (excluding diaryl/α,β-unsaturated/α-hetero) is 1. The number of halogens is 4. The maximum atomic E-state index is 14.0. The van der Waals surface area contributed by atoms with E-state index in [0.717, 1.165) is 24.3 Å². The Morgan fingerprint density at radius 1 is 1.00 bits per heavy atom. The lowest BCUT2D eigenvalue weighted by Crippen LogP contribution is -2.22. The molecule has 0 amide bonds. The zero-order chi connectivity index (χ0) is 28.2. The number of aromatic nitrogens is 1. The van der Waals surface area contributed by atoms with Gasteiger partial charge in [0.05, 0.1) is 20.8 Å². The summed E-state index contributed by atoms with van der Waals surface area (Å²) < 4.78 is 72.6. The molecule has 206 valence electrons. The van der Waals surface area contributed by atoms with Crippen molar-refractivity contribution in [2.45, 2.75) is 12.4 Å². The molecular weight excluding hydrogens is 524 g/mol. The molecule has 0 radical (unpaired) electrons. The van der Waals surface area contributed by atoms with Gasteiger partial charge in [0.25, 0.3) is 0 Å². The molecule has 0 bridgehead atoms. The molecule has 39 heavy (non-hydrogen) atoms. The molecule has 1 atom stereocenters. The summed E-state index contributed by atoms with van der Waals surface area (Å²) >= 11 is 0. The lowest BCUT2D eigenvalue weighted by atomic mass is 9.95. The molecule has 0 spiro atoms. The second-order valence-electron chi connectivity index (χ2n) is 8.25. The number of alkyl halides is 3. The average Bonchev–Trinajstić information content (AvgIpc) is 3.32.